The maximum atomic E-state index is 13.2. The molecule has 10 heteroatoms. The summed E-state index contributed by atoms with van der Waals surface area (Å²) in [4.78, 5) is 21.3. The van der Waals surface area contributed by atoms with Crippen LogP contribution in [-0.4, -0.2) is 110 Å². The van der Waals surface area contributed by atoms with Crippen LogP contribution in [0.15, 0.2) is 18.2 Å². The molecule has 0 saturated carbocycles. The average molecular weight is 473 g/mol. The van der Waals surface area contributed by atoms with Crippen molar-refractivity contribution in [3.05, 3.63) is 34.6 Å². The highest BCUT2D eigenvalue weighted by atomic mass is 35.5. The van der Waals surface area contributed by atoms with Crippen LogP contribution in [0.4, 0.5) is 4.39 Å². The molecule has 0 aromatic heterocycles. The maximum absolute atomic E-state index is 13.2. The number of carbonyl (C=O) groups is 1. The molecule has 3 aliphatic rings. The average Bonchev–Trinajstić information content (AvgIpc) is 3.11. The summed E-state index contributed by atoms with van der Waals surface area (Å²) in [6, 6.07) is 4.62. The Balaban J connectivity index is 1.18. The third kappa shape index (κ3) is 5.96. The van der Waals surface area contributed by atoms with E-state index in [1.165, 1.54) is 12.1 Å². The molecule has 0 radical (unpaired) electrons. The van der Waals surface area contributed by atoms with E-state index in [-0.39, 0.29) is 29.3 Å². The van der Waals surface area contributed by atoms with E-state index in [1.807, 2.05) is 4.90 Å². The van der Waals surface area contributed by atoms with Gasteiger partial charge in [0.05, 0.1) is 18.1 Å². The molecular weight excluding hydrogens is 443 g/mol. The van der Waals surface area contributed by atoms with Crippen LogP contribution in [0.1, 0.15) is 12.0 Å². The van der Waals surface area contributed by atoms with E-state index in [0.29, 0.717) is 37.6 Å². The Morgan fingerprint density at radius 1 is 1.03 bits per heavy atom. The summed E-state index contributed by atoms with van der Waals surface area (Å²) in [5.74, 6) is 0.366. The number of nitrogens with zero attached hydrogens (tertiary/aromatic N) is 4. The fourth-order valence-electron chi connectivity index (χ4n) is 4.69. The monoisotopic (exact) mass is 472 g/mol. The first-order valence-corrected chi connectivity index (χ1v) is 13.1. The topological polar surface area (TPSA) is 64.2 Å². The Hall–Kier alpha value is -1.26. The minimum Gasteiger partial charge on any atom is -0.339 e. The van der Waals surface area contributed by atoms with Crippen LogP contribution >= 0.6 is 11.6 Å². The predicted octanol–water partition coefficient (Wildman–Crippen LogP) is 0.928. The Morgan fingerprint density at radius 3 is 2.32 bits per heavy atom. The molecule has 0 N–H and O–H groups in total. The Kier molecular flexibility index (Phi) is 7.17. The highest BCUT2D eigenvalue weighted by Crippen LogP contribution is 2.21. The van der Waals surface area contributed by atoms with Gasteiger partial charge in [-0.3, -0.25) is 19.5 Å². The summed E-state index contributed by atoms with van der Waals surface area (Å²) < 4.78 is 36.6. The van der Waals surface area contributed by atoms with Gasteiger partial charge in [0, 0.05) is 70.0 Å². The van der Waals surface area contributed by atoms with Crippen molar-refractivity contribution < 1.29 is 17.6 Å². The van der Waals surface area contributed by atoms with E-state index in [1.54, 1.807) is 6.07 Å². The second kappa shape index (κ2) is 9.70. The molecule has 3 fully saturated rings. The quantitative estimate of drug-likeness (QED) is 0.635. The summed E-state index contributed by atoms with van der Waals surface area (Å²) in [6.07, 6.45) is 0.712. The van der Waals surface area contributed by atoms with Crippen LogP contribution in [0.2, 0.25) is 5.02 Å². The van der Waals surface area contributed by atoms with E-state index >= 15 is 0 Å². The summed E-state index contributed by atoms with van der Waals surface area (Å²) in [7, 11) is -2.88. The highest BCUT2D eigenvalue weighted by molar-refractivity contribution is 7.91. The summed E-state index contributed by atoms with van der Waals surface area (Å²) in [5, 5.41) is 0.451. The van der Waals surface area contributed by atoms with E-state index in [2.05, 4.69) is 14.7 Å². The van der Waals surface area contributed by atoms with E-state index in [0.717, 1.165) is 44.8 Å². The zero-order valence-corrected chi connectivity index (χ0v) is 19.3. The van der Waals surface area contributed by atoms with Gasteiger partial charge in [-0.25, -0.2) is 12.8 Å². The Labute approximate surface area is 188 Å². The Bertz CT molecular complexity index is 900. The molecule has 4 rings (SSSR count). The number of hydrogen-bond donors (Lipinski definition) is 0. The third-order valence-corrected chi connectivity index (χ3v) is 8.73. The fourth-order valence-corrected chi connectivity index (χ4v) is 6.68. The van der Waals surface area contributed by atoms with Gasteiger partial charge in [-0.05, 0) is 24.1 Å². The molecule has 3 aliphatic heterocycles. The number of carbonyl (C=O) groups excluding carboxylic acids is 1. The second-order valence-corrected chi connectivity index (χ2v) is 11.4. The van der Waals surface area contributed by atoms with E-state index in [9.17, 15) is 17.6 Å². The lowest BCUT2D eigenvalue weighted by atomic mass is 10.2. The number of benzene rings is 1. The normalized spacial score (nSPS) is 25.7. The van der Waals surface area contributed by atoms with Crippen molar-refractivity contribution in [1.29, 1.82) is 0 Å². The van der Waals surface area contributed by atoms with Gasteiger partial charge in [-0.1, -0.05) is 17.7 Å². The Morgan fingerprint density at radius 2 is 1.71 bits per heavy atom. The fraction of sp³-hybridized carbons (Fsp3) is 0.667. The molecule has 172 valence electrons. The van der Waals surface area contributed by atoms with Gasteiger partial charge in [0.25, 0.3) is 0 Å². The van der Waals surface area contributed by atoms with Gasteiger partial charge < -0.3 is 4.90 Å². The number of sulfone groups is 1. The zero-order chi connectivity index (χ0) is 22.0. The van der Waals surface area contributed by atoms with Crippen LogP contribution in [-0.2, 0) is 21.2 Å². The number of hydrogen-bond acceptors (Lipinski definition) is 6. The molecule has 3 heterocycles. The molecule has 1 unspecified atom stereocenters. The van der Waals surface area contributed by atoms with Crippen LogP contribution < -0.4 is 0 Å². The third-order valence-electron chi connectivity index (χ3n) is 6.62. The molecule has 1 aromatic carbocycles. The minimum absolute atomic E-state index is 0.116. The molecule has 0 bridgehead atoms. The number of piperazine rings is 2. The zero-order valence-electron chi connectivity index (χ0n) is 17.7. The molecular formula is C21H30ClFN4O3S. The molecule has 1 amide bonds. The highest BCUT2D eigenvalue weighted by Gasteiger charge is 2.34. The van der Waals surface area contributed by atoms with Crippen molar-refractivity contribution >= 4 is 27.3 Å². The molecule has 31 heavy (non-hydrogen) atoms. The standard InChI is InChI=1S/C21H30ClFN4O3S/c22-20-13-18(23)2-1-17(20)14-24-4-6-25(7-5-24)15-21(28)27-10-8-26(9-11-27)19-3-12-31(29,30)16-19/h1-2,13,19H,3-12,14-16H2. The first kappa shape index (κ1) is 22.9. The smallest absolute Gasteiger partial charge is 0.236 e. The lowest BCUT2D eigenvalue weighted by molar-refractivity contribution is -0.134. The van der Waals surface area contributed by atoms with Crippen LogP contribution in [0.25, 0.3) is 0 Å². The summed E-state index contributed by atoms with van der Waals surface area (Å²) in [5.41, 5.74) is 0.917. The second-order valence-electron chi connectivity index (χ2n) is 8.76. The summed E-state index contributed by atoms with van der Waals surface area (Å²) >= 11 is 6.14. The lowest BCUT2D eigenvalue weighted by Crippen LogP contribution is -2.55. The first-order valence-electron chi connectivity index (χ1n) is 10.9. The predicted molar refractivity (Wildman–Crippen MR) is 118 cm³/mol. The van der Waals surface area contributed by atoms with Gasteiger partial charge in [-0.15, -0.1) is 0 Å². The van der Waals surface area contributed by atoms with Crippen LogP contribution in [0.5, 0.6) is 0 Å². The summed E-state index contributed by atoms with van der Waals surface area (Å²) in [6.45, 7) is 7.22. The number of halogens is 2. The van der Waals surface area contributed by atoms with Crippen molar-refractivity contribution in [1.82, 2.24) is 19.6 Å². The van der Waals surface area contributed by atoms with Crippen molar-refractivity contribution in [3.8, 4) is 0 Å². The molecule has 3 saturated heterocycles. The van der Waals surface area contributed by atoms with Crippen molar-refractivity contribution in [2.75, 3.05) is 70.4 Å². The van der Waals surface area contributed by atoms with Gasteiger partial charge in [0.2, 0.25) is 5.91 Å². The van der Waals surface area contributed by atoms with Crippen molar-refractivity contribution in [2.45, 2.75) is 19.0 Å². The SMILES string of the molecule is O=C(CN1CCN(Cc2ccc(F)cc2Cl)CC1)N1CCN(C2CCS(=O)(=O)C2)CC1. The largest absolute Gasteiger partial charge is 0.339 e. The maximum Gasteiger partial charge on any atom is 0.236 e. The molecule has 1 aromatic rings. The van der Waals surface area contributed by atoms with E-state index in [4.69, 9.17) is 11.6 Å². The number of amides is 1. The van der Waals surface area contributed by atoms with Crippen molar-refractivity contribution in [2.24, 2.45) is 0 Å². The first-order chi connectivity index (χ1) is 14.8. The molecule has 1 atom stereocenters. The van der Waals surface area contributed by atoms with Gasteiger partial charge in [-0.2, -0.15) is 0 Å². The lowest BCUT2D eigenvalue weighted by Gasteiger charge is -2.39. The van der Waals surface area contributed by atoms with Crippen LogP contribution in [0.3, 0.4) is 0 Å². The van der Waals surface area contributed by atoms with Gasteiger partial charge >= 0.3 is 0 Å². The van der Waals surface area contributed by atoms with Gasteiger partial charge in [0.1, 0.15) is 5.82 Å². The number of rotatable bonds is 5. The van der Waals surface area contributed by atoms with E-state index < -0.39 is 9.84 Å². The van der Waals surface area contributed by atoms with Crippen LogP contribution in [0, 0.1) is 5.82 Å². The molecule has 0 spiro atoms. The molecule has 7 nitrogen and oxygen atoms in total. The van der Waals surface area contributed by atoms with Gasteiger partial charge in [0.15, 0.2) is 9.84 Å². The van der Waals surface area contributed by atoms with Crippen molar-refractivity contribution in [3.63, 3.8) is 0 Å². The minimum atomic E-state index is -2.88. The molecule has 0 aliphatic carbocycles.